The van der Waals surface area contributed by atoms with Crippen LogP contribution in [0.5, 0.6) is 5.75 Å². The third-order valence-corrected chi connectivity index (χ3v) is 5.37. The van der Waals surface area contributed by atoms with E-state index in [1.165, 1.54) is 17.7 Å². The average Bonchev–Trinajstić information content (AvgIpc) is 3.20. The van der Waals surface area contributed by atoms with Crippen LogP contribution in [0.25, 0.3) is 5.69 Å². The first-order valence-electron chi connectivity index (χ1n) is 8.17. The first-order valence-corrected chi connectivity index (χ1v) is 9.05. The minimum absolute atomic E-state index is 0.268. The van der Waals surface area contributed by atoms with Crippen LogP contribution in [0.2, 0.25) is 0 Å². The van der Waals surface area contributed by atoms with Crippen LogP contribution in [-0.4, -0.2) is 22.8 Å². The second-order valence-electron chi connectivity index (χ2n) is 5.88. The summed E-state index contributed by atoms with van der Waals surface area (Å²) in [7, 11) is 1.50. The van der Waals surface area contributed by atoms with Gasteiger partial charge in [-0.1, -0.05) is 12.1 Å². The van der Waals surface area contributed by atoms with Gasteiger partial charge in [-0.05, 0) is 48.0 Å². The monoisotopic (exact) mass is 407 g/mol. The molecule has 3 aromatic rings. The molecule has 1 heterocycles. The summed E-state index contributed by atoms with van der Waals surface area (Å²) in [6, 6.07) is 13.2. The zero-order valence-electron chi connectivity index (χ0n) is 14.7. The van der Waals surface area contributed by atoms with Crippen LogP contribution in [0, 0.1) is 0 Å². The lowest BCUT2D eigenvalue weighted by Crippen LogP contribution is -2.10. The molecule has 8 heteroatoms. The summed E-state index contributed by atoms with van der Waals surface area (Å²) in [6.45, 7) is 0. The van der Waals surface area contributed by atoms with E-state index in [2.05, 4.69) is 0 Å². The van der Waals surface area contributed by atoms with Gasteiger partial charge in [0.2, 0.25) is 0 Å². The summed E-state index contributed by atoms with van der Waals surface area (Å²) in [5, 5.41) is 8.69. The molecule has 3 rings (SSSR count). The largest absolute Gasteiger partial charge is 0.497 e. The molecule has 0 aliphatic heterocycles. The molecule has 0 spiro atoms. The van der Waals surface area contributed by atoms with E-state index in [1.54, 1.807) is 48.8 Å². The molecule has 1 aromatic heterocycles. The molecule has 0 aliphatic rings. The number of hydrogen-bond donors (Lipinski definition) is 1. The Bertz CT molecular complexity index is 954. The highest BCUT2D eigenvalue weighted by molar-refractivity contribution is 8.00. The van der Waals surface area contributed by atoms with Crippen molar-refractivity contribution in [2.75, 3.05) is 7.11 Å². The van der Waals surface area contributed by atoms with Gasteiger partial charge in [0.05, 0.1) is 18.4 Å². The number of methoxy groups -OCH3 is 1. The van der Waals surface area contributed by atoms with E-state index in [4.69, 9.17) is 4.74 Å². The first-order chi connectivity index (χ1) is 13.3. The molecule has 1 atom stereocenters. The smallest absolute Gasteiger partial charge is 0.416 e. The highest BCUT2D eigenvalue weighted by atomic mass is 32.2. The van der Waals surface area contributed by atoms with Gasteiger partial charge in [-0.2, -0.15) is 13.2 Å². The zero-order chi connectivity index (χ0) is 20.3. The maximum absolute atomic E-state index is 13.1. The summed E-state index contributed by atoms with van der Waals surface area (Å²) < 4.78 is 46.0. The second-order valence-corrected chi connectivity index (χ2v) is 7.03. The second kappa shape index (κ2) is 8.02. The van der Waals surface area contributed by atoms with Crippen molar-refractivity contribution >= 4 is 17.7 Å². The number of rotatable bonds is 6. The van der Waals surface area contributed by atoms with Gasteiger partial charge in [0, 0.05) is 17.3 Å². The summed E-state index contributed by atoms with van der Waals surface area (Å²) in [5.74, 6) is -0.506. The Labute approximate surface area is 163 Å². The third kappa shape index (κ3) is 4.33. The van der Waals surface area contributed by atoms with E-state index in [1.807, 2.05) is 0 Å². The molecule has 4 nitrogen and oxygen atoms in total. The van der Waals surface area contributed by atoms with Gasteiger partial charge in [-0.25, -0.2) is 0 Å². The van der Waals surface area contributed by atoms with Gasteiger partial charge in [0.1, 0.15) is 11.0 Å². The van der Waals surface area contributed by atoms with Crippen LogP contribution >= 0.6 is 11.8 Å². The normalized spacial score (nSPS) is 12.6. The number of aromatic nitrogens is 1. The molecule has 0 bridgehead atoms. The number of alkyl halides is 3. The van der Waals surface area contributed by atoms with Gasteiger partial charge in [-0.15, -0.1) is 11.8 Å². The standard InChI is InChI=1S/C20H16F3NO3S/c1-27-15-7-4-13(5-8-15)18(19(25)26)28-17-9-6-14(20(21,22)23)12-16(17)24-10-2-3-11-24/h2-12,18H,1H3,(H,25,26). The van der Waals surface area contributed by atoms with Crippen LogP contribution in [0.4, 0.5) is 13.2 Å². The quantitative estimate of drug-likeness (QED) is 0.554. The lowest BCUT2D eigenvalue weighted by atomic mass is 10.1. The van der Waals surface area contributed by atoms with Crippen LogP contribution in [0.3, 0.4) is 0 Å². The minimum Gasteiger partial charge on any atom is -0.497 e. The van der Waals surface area contributed by atoms with Crippen LogP contribution in [-0.2, 0) is 11.0 Å². The van der Waals surface area contributed by atoms with Crippen molar-refractivity contribution < 1.29 is 27.8 Å². The Morgan fingerprint density at radius 1 is 1.11 bits per heavy atom. The van der Waals surface area contributed by atoms with Gasteiger partial charge < -0.3 is 14.4 Å². The lowest BCUT2D eigenvalue weighted by molar-refractivity contribution is -0.138. The van der Waals surface area contributed by atoms with Crippen molar-refractivity contribution in [3.8, 4) is 11.4 Å². The maximum atomic E-state index is 13.1. The van der Waals surface area contributed by atoms with E-state index < -0.39 is 23.0 Å². The minimum atomic E-state index is -4.49. The van der Waals surface area contributed by atoms with Crippen molar-refractivity contribution in [3.63, 3.8) is 0 Å². The number of carboxylic acids is 1. The highest BCUT2D eigenvalue weighted by Crippen LogP contribution is 2.41. The number of benzene rings is 2. The van der Waals surface area contributed by atoms with Gasteiger partial charge in [0.25, 0.3) is 0 Å². The number of thioether (sulfide) groups is 1. The molecular weight excluding hydrogens is 391 g/mol. The molecule has 0 aliphatic carbocycles. The summed E-state index contributed by atoms with van der Waals surface area (Å²) in [4.78, 5) is 12.3. The fraction of sp³-hybridized carbons (Fsp3) is 0.150. The third-order valence-electron chi connectivity index (χ3n) is 4.06. The SMILES string of the molecule is COc1ccc(C(Sc2ccc(C(F)(F)F)cc2-n2cccc2)C(=O)O)cc1. The number of hydrogen-bond acceptors (Lipinski definition) is 3. The predicted molar refractivity (Wildman–Crippen MR) is 100.0 cm³/mol. The van der Waals surface area contributed by atoms with E-state index in [9.17, 15) is 23.1 Å². The lowest BCUT2D eigenvalue weighted by Gasteiger charge is -2.18. The Kier molecular flexibility index (Phi) is 5.69. The van der Waals surface area contributed by atoms with Crippen molar-refractivity contribution in [2.45, 2.75) is 16.3 Å². The van der Waals surface area contributed by atoms with E-state index in [0.717, 1.165) is 23.9 Å². The molecule has 1 N–H and O–H groups in total. The Hall–Kier alpha value is -2.87. The topological polar surface area (TPSA) is 51.5 Å². The highest BCUT2D eigenvalue weighted by Gasteiger charge is 2.32. The Balaban J connectivity index is 2.02. The zero-order valence-corrected chi connectivity index (χ0v) is 15.5. The van der Waals surface area contributed by atoms with Gasteiger partial charge >= 0.3 is 12.1 Å². The molecule has 0 radical (unpaired) electrons. The van der Waals surface area contributed by atoms with E-state index in [0.29, 0.717) is 16.2 Å². The number of carbonyl (C=O) groups is 1. The van der Waals surface area contributed by atoms with Crippen molar-refractivity contribution in [1.82, 2.24) is 4.57 Å². The van der Waals surface area contributed by atoms with E-state index in [-0.39, 0.29) is 5.69 Å². The molecule has 0 saturated carbocycles. The molecule has 28 heavy (non-hydrogen) atoms. The number of ether oxygens (including phenoxy) is 1. The number of aliphatic carboxylic acids is 1. The average molecular weight is 407 g/mol. The van der Waals surface area contributed by atoms with Crippen LogP contribution in [0.15, 0.2) is 71.9 Å². The van der Waals surface area contributed by atoms with Gasteiger partial charge in [0.15, 0.2) is 0 Å². The molecule has 2 aromatic carbocycles. The summed E-state index contributed by atoms with van der Waals surface area (Å²) in [6.07, 6.45) is -1.27. The van der Waals surface area contributed by atoms with Crippen LogP contribution in [0.1, 0.15) is 16.4 Å². The Morgan fingerprint density at radius 2 is 1.75 bits per heavy atom. The summed E-state index contributed by atoms with van der Waals surface area (Å²) >= 11 is 0.979. The summed E-state index contributed by atoms with van der Waals surface area (Å²) in [5.41, 5.74) is -0.0156. The van der Waals surface area contributed by atoms with Crippen LogP contribution < -0.4 is 4.74 Å². The molecule has 0 saturated heterocycles. The predicted octanol–water partition coefficient (Wildman–Crippen LogP) is 5.42. The molecule has 146 valence electrons. The molecular formula is C20H16F3NO3S. The first kappa shape index (κ1) is 19.9. The van der Waals surface area contributed by atoms with Crippen molar-refractivity contribution in [2.24, 2.45) is 0 Å². The van der Waals surface area contributed by atoms with Crippen molar-refractivity contribution in [3.05, 3.63) is 78.1 Å². The molecule has 0 fully saturated rings. The number of carboxylic acid groups (broad SMARTS) is 1. The number of halogens is 3. The van der Waals surface area contributed by atoms with Crippen molar-refractivity contribution in [1.29, 1.82) is 0 Å². The maximum Gasteiger partial charge on any atom is 0.416 e. The fourth-order valence-electron chi connectivity index (χ4n) is 2.66. The van der Waals surface area contributed by atoms with Gasteiger partial charge in [-0.3, -0.25) is 4.79 Å². The molecule has 0 amide bonds. The fourth-order valence-corrected chi connectivity index (χ4v) is 3.74. The molecule has 1 unspecified atom stereocenters. The Morgan fingerprint density at radius 3 is 2.29 bits per heavy atom. The number of nitrogens with zero attached hydrogens (tertiary/aromatic N) is 1. The van der Waals surface area contributed by atoms with E-state index >= 15 is 0 Å².